The third-order valence-corrected chi connectivity index (χ3v) is 5.34. The lowest BCUT2D eigenvalue weighted by atomic mass is 9.98. The molecule has 0 atom stereocenters. The molecule has 2 aromatic rings. The molecule has 3 rings (SSSR count). The van der Waals surface area contributed by atoms with Gasteiger partial charge in [0.1, 0.15) is 6.61 Å². The van der Waals surface area contributed by atoms with Crippen LogP contribution in [0.2, 0.25) is 0 Å². The number of amides is 2. The highest BCUT2D eigenvalue weighted by atomic mass is 16.5. The Hall–Kier alpha value is -3.79. The van der Waals surface area contributed by atoms with Crippen molar-refractivity contribution in [3.8, 4) is 23.0 Å². The van der Waals surface area contributed by atoms with Crippen LogP contribution in [0.15, 0.2) is 48.5 Å². The van der Waals surface area contributed by atoms with Crippen molar-refractivity contribution in [1.82, 2.24) is 10.2 Å². The molecule has 1 aliphatic rings. The minimum Gasteiger partial charge on any atom is -0.481 e. The second kappa shape index (κ2) is 11.0. The van der Waals surface area contributed by atoms with E-state index < -0.39 is 12.1 Å². The van der Waals surface area contributed by atoms with Crippen molar-refractivity contribution < 1.29 is 24.2 Å². The first kappa shape index (κ1) is 22.9. The SMILES string of the molecule is CN(CCCCC(=O)O)C(=O)C#CCNC(=O)OCC1c2ccccc2-c2ccccc21. The van der Waals surface area contributed by atoms with E-state index in [9.17, 15) is 14.4 Å². The number of carbonyl (C=O) groups excluding carboxylic acids is 2. The molecule has 0 fully saturated rings. The number of carbonyl (C=O) groups is 3. The van der Waals surface area contributed by atoms with E-state index in [2.05, 4.69) is 41.4 Å². The summed E-state index contributed by atoms with van der Waals surface area (Å²) in [5, 5.41) is 11.2. The summed E-state index contributed by atoms with van der Waals surface area (Å²) in [5.74, 6) is 3.83. The van der Waals surface area contributed by atoms with Crippen LogP contribution >= 0.6 is 0 Å². The van der Waals surface area contributed by atoms with E-state index in [1.807, 2.05) is 24.3 Å². The van der Waals surface area contributed by atoms with E-state index in [1.165, 1.54) is 4.90 Å². The lowest BCUT2D eigenvalue weighted by molar-refractivity contribution is -0.137. The maximum absolute atomic E-state index is 12.1. The van der Waals surface area contributed by atoms with Crippen LogP contribution in [0, 0.1) is 11.8 Å². The number of aliphatic carboxylic acids is 1. The van der Waals surface area contributed by atoms with Gasteiger partial charge in [-0.15, -0.1) is 0 Å². The van der Waals surface area contributed by atoms with Crippen molar-refractivity contribution in [2.24, 2.45) is 0 Å². The number of nitrogens with one attached hydrogen (secondary N) is 1. The van der Waals surface area contributed by atoms with Gasteiger partial charge < -0.3 is 20.1 Å². The molecule has 0 heterocycles. The van der Waals surface area contributed by atoms with E-state index in [4.69, 9.17) is 9.84 Å². The van der Waals surface area contributed by atoms with Gasteiger partial charge in [-0.2, -0.15) is 0 Å². The molecule has 0 aromatic heterocycles. The molecule has 32 heavy (non-hydrogen) atoms. The molecule has 1 aliphatic carbocycles. The van der Waals surface area contributed by atoms with Gasteiger partial charge in [0.2, 0.25) is 0 Å². The maximum Gasteiger partial charge on any atom is 0.407 e. The van der Waals surface area contributed by atoms with Crippen LogP contribution in [0.4, 0.5) is 4.79 Å². The van der Waals surface area contributed by atoms with Crippen molar-refractivity contribution in [1.29, 1.82) is 0 Å². The molecule has 2 N–H and O–H groups in total. The van der Waals surface area contributed by atoms with Crippen LogP contribution in [0.3, 0.4) is 0 Å². The van der Waals surface area contributed by atoms with E-state index >= 15 is 0 Å². The maximum atomic E-state index is 12.1. The fraction of sp³-hybridized carbons (Fsp3) is 0.320. The average Bonchev–Trinajstić information content (AvgIpc) is 3.11. The summed E-state index contributed by atoms with van der Waals surface area (Å²) in [7, 11) is 1.61. The van der Waals surface area contributed by atoms with Crippen LogP contribution in [0.25, 0.3) is 11.1 Å². The summed E-state index contributed by atoms with van der Waals surface area (Å²) in [6.45, 7) is 0.640. The largest absolute Gasteiger partial charge is 0.481 e. The fourth-order valence-corrected chi connectivity index (χ4v) is 3.71. The molecule has 0 bridgehead atoms. The highest BCUT2D eigenvalue weighted by Crippen LogP contribution is 2.44. The number of benzene rings is 2. The van der Waals surface area contributed by atoms with Crippen LogP contribution in [0.1, 0.15) is 36.3 Å². The van der Waals surface area contributed by atoms with Crippen LogP contribution in [-0.4, -0.2) is 54.7 Å². The molecule has 2 aromatic carbocycles. The number of alkyl carbamates (subject to hydrolysis) is 1. The van der Waals surface area contributed by atoms with Gasteiger partial charge in [0.05, 0.1) is 6.54 Å². The standard InChI is InChI=1S/C25H26N2O5/c1-27(16-7-6-14-24(29)30)23(28)13-8-15-26-25(31)32-17-22-20-11-4-2-9-18(20)19-10-3-5-12-21(19)22/h2-5,9-12,22H,6-7,14-17H2,1H3,(H,26,31)(H,29,30). The molecule has 0 saturated carbocycles. The van der Waals surface area contributed by atoms with Crippen LogP contribution < -0.4 is 5.32 Å². The van der Waals surface area contributed by atoms with Crippen molar-refractivity contribution in [3.05, 3.63) is 59.7 Å². The molecule has 0 spiro atoms. The van der Waals surface area contributed by atoms with Gasteiger partial charge in [-0.05, 0) is 41.0 Å². The quantitative estimate of drug-likeness (QED) is 0.491. The van der Waals surface area contributed by atoms with Crippen LogP contribution in [0.5, 0.6) is 0 Å². The number of carboxylic acid groups (broad SMARTS) is 1. The number of fused-ring (bicyclic) bond motifs is 3. The van der Waals surface area contributed by atoms with E-state index in [1.54, 1.807) is 7.05 Å². The highest BCUT2D eigenvalue weighted by Gasteiger charge is 2.28. The molecule has 166 valence electrons. The minimum atomic E-state index is -0.849. The number of nitrogens with zero attached hydrogens (tertiary/aromatic N) is 1. The first-order valence-electron chi connectivity index (χ1n) is 10.5. The Labute approximate surface area is 187 Å². The van der Waals surface area contributed by atoms with E-state index in [0.29, 0.717) is 19.4 Å². The molecule has 0 aliphatic heterocycles. The summed E-state index contributed by atoms with van der Waals surface area (Å²) in [5.41, 5.74) is 4.60. The topological polar surface area (TPSA) is 95.9 Å². The highest BCUT2D eigenvalue weighted by molar-refractivity contribution is 5.93. The Bertz CT molecular complexity index is 1010. The zero-order valence-corrected chi connectivity index (χ0v) is 18.0. The first-order chi connectivity index (χ1) is 15.5. The second-order valence-electron chi connectivity index (χ2n) is 7.56. The molecule has 7 heteroatoms. The Kier molecular flexibility index (Phi) is 7.87. The van der Waals surface area contributed by atoms with Crippen molar-refractivity contribution >= 4 is 18.0 Å². The molecular formula is C25H26N2O5. The van der Waals surface area contributed by atoms with Gasteiger partial charge in [0.25, 0.3) is 5.91 Å². The third kappa shape index (κ3) is 5.88. The Morgan fingerprint density at radius 1 is 1.03 bits per heavy atom. The number of unbranched alkanes of at least 4 members (excludes halogenated alkanes) is 1. The summed E-state index contributed by atoms with van der Waals surface area (Å²) >= 11 is 0. The lowest BCUT2D eigenvalue weighted by Gasteiger charge is -2.14. The molecule has 0 unspecified atom stereocenters. The Morgan fingerprint density at radius 3 is 2.28 bits per heavy atom. The van der Waals surface area contributed by atoms with Gasteiger partial charge in [0.15, 0.2) is 0 Å². The van der Waals surface area contributed by atoms with Gasteiger partial charge in [-0.25, -0.2) is 4.79 Å². The van der Waals surface area contributed by atoms with Crippen molar-refractivity contribution in [3.63, 3.8) is 0 Å². The van der Waals surface area contributed by atoms with Crippen molar-refractivity contribution in [2.75, 3.05) is 26.7 Å². The van der Waals surface area contributed by atoms with Gasteiger partial charge in [-0.1, -0.05) is 54.5 Å². The van der Waals surface area contributed by atoms with Gasteiger partial charge in [-0.3, -0.25) is 9.59 Å². The second-order valence-corrected chi connectivity index (χ2v) is 7.56. The smallest absolute Gasteiger partial charge is 0.407 e. The number of rotatable bonds is 8. The van der Waals surface area contributed by atoms with E-state index in [-0.39, 0.29) is 31.4 Å². The summed E-state index contributed by atoms with van der Waals surface area (Å²) in [4.78, 5) is 36.0. The molecule has 2 amide bonds. The molecule has 7 nitrogen and oxygen atoms in total. The normalized spacial score (nSPS) is 11.5. The molecular weight excluding hydrogens is 408 g/mol. The predicted octanol–water partition coefficient (Wildman–Crippen LogP) is 3.24. The zero-order valence-electron chi connectivity index (χ0n) is 18.0. The molecule has 0 saturated heterocycles. The van der Waals surface area contributed by atoms with E-state index in [0.717, 1.165) is 22.3 Å². The average molecular weight is 434 g/mol. The van der Waals surface area contributed by atoms with Gasteiger partial charge in [0, 0.05) is 25.9 Å². The Balaban J connectivity index is 1.43. The Morgan fingerprint density at radius 2 is 1.66 bits per heavy atom. The molecule has 0 radical (unpaired) electrons. The summed E-state index contributed by atoms with van der Waals surface area (Å²) in [6, 6.07) is 16.2. The number of hydrogen-bond acceptors (Lipinski definition) is 4. The number of ether oxygens (including phenoxy) is 1. The zero-order chi connectivity index (χ0) is 22.9. The fourth-order valence-electron chi connectivity index (χ4n) is 3.71. The van der Waals surface area contributed by atoms with Gasteiger partial charge >= 0.3 is 12.1 Å². The van der Waals surface area contributed by atoms with Crippen molar-refractivity contribution in [2.45, 2.75) is 25.2 Å². The minimum absolute atomic E-state index is 0.00469. The summed E-state index contributed by atoms with van der Waals surface area (Å²) in [6.07, 6.45) is 0.589. The summed E-state index contributed by atoms with van der Waals surface area (Å²) < 4.78 is 5.42. The lowest BCUT2D eigenvalue weighted by Crippen LogP contribution is -2.28. The number of carboxylic acids is 1. The first-order valence-corrected chi connectivity index (χ1v) is 10.5. The number of hydrogen-bond donors (Lipinski definition) is 2. The predicted molar refractivity (Wildman–Crippen MR) is 120 cm³/mol. The van der Waals surface area contributed by atoms with Crippen LogP contribution in [-0.2, 0) is 14.3 Å². The monoisotopic (exact) mass is 434 g/mol. The third-order valence-electron chi connectivity index (χ3n) is 5.34.